The van der Waals surface area contributed by atoms with Crippen LogP contribution in [0.1, 0.15) is 113 Å². The van der Waals surface area contributed by atoms with Crippen LogP contribution in [-0.2, 0) is 14.2 Å². The van der Waals surface area contributed by atoms with Gasteiger partial charge in [-0.2, -0.15) is 0 Å². The third-order valence-corrected chi connectivity index (χ3v) is 17.1. The second-order valence-electron chi connectivity index (χ2n) is 19.6. The van der Waals surface area contributed by atoms with E-state index >= 15 is 0 Å². The third-order valence-electron chi connectivity index (χ3n) is 17.1. The van der Waals surface area contributed by atoms with Gasteiger partial charge in [0.25, 0.3) is 0 Å². The minimum absolute atomic E-state index is 0.0154. The topological polar surface area (TPSA) is 101 Å². The lowest BCUT2D eigenvalue weighted by atomic mass is 9.41. The maximum atomic E-state index is 13.0. The zero-order chi connectivity index (χ0) is 34.9. The summed E-state index contributed by atoms with van der Waals surface area (Å²) in [7, 11) is 0. The molecule has 8 aliphatic rings. The fraction of sp³-hybridized carbons (Fsp3) is 0.950. The summed E-state index contributed by atoms with van der Waals surface area (Å²) >= 11 is 0. The van der Waals surface area contributed by atoms with E-state index in [0.29, 0.717) is 17.8 Å². The molecule has 0 aromatic carbocycles. The summed E-state index contributed by atoms with van der Waals surface area (Å²) in [4.78, 5) is 30.1. The van der Waals surface area contributed by atoms with Crippen LogP contribution in [0.5, 0.6) is 0 Å². The lowest BCUT2D eigenvalue weighted by molar-refractivity contribution is -0.185. The first kappa shape index (κ1) is 34.5. The molecule has 8 rings (SSSR count). The van der Waals surface area contributed by atoms with Gasteiger partial charge in [0, 0.05) is 37.0 Å². The minimum atomic E-state index is -0.547. The molecule has 0 aromatic heterocycles. The number of fused-ring (bicyclic) bond motifs is 4. The highest BCUT2D eigenvalue weighted by Gasteiger charge is 2.84. The van der Waals surface area contributed by atoms with Crippen LogP contribution >= 0.6 is 0 Å². The lowest BCUT2D eigenvalue weighted by Crippen LogP contribution is -2.61. The number of amides is 2. The van der Waals surface area contributed by atoms with E-state index in [2.05, 4.69) is 65.6 Å². The van der Waals surface area contributed by atoms with Crippen molar-refractivity contribution in [3.63, 3.8) is 0 Å². The van der Waals surface area contributed by atoms with Crippen molar-refractivity contribution in [3.8, 4) is 0 Å². The van der Waals surface area contributed by atoms with E-state index in [-0.39, 0.29) is 81.6 Å². The summed E-state index contributed by atoms with van der Waals surface area (Å²) < 4.78 is 19.5. The molecule has 0 aromatic rings. The Morgan fingerprint density at radius 1 is 1.00 bits per heavy atom. The van der Waals surface area contributed by atoms with Crippen LogP contribution in [0.25, 0.3) is 0 Å². The summed E-state index contributed by atoms with van der Waals surface area (Å²) in [6, 6.07) is 0.199. The highest BCUT2D eigenvalue weighted by molar-refractivity contribution is 5.69. The number of ether oxygens (including phenoxy) is 3. The second-order valence-corrected chi connectivity index (χ2v) is 19.6. The van der Waals surface area contributed by atoms with Gasteiger partial charge in [-0.3, -0.25) is 4.90 Å². The maximum absolute atomic E-state index is 13.0. The maximum Gasteiger partial charge on any atom is 0.410 e. The molecule has 276 valence electrons. The van der Waals surface area contributed by atoms with Crippen molar-refractivity contribution in [1.82, 2.24) is 15.1 Å². The van der Waals surface area contributed by atoms with Crippen LogP contribution < -0.4 is 5.32 Å². The van der Waals surface area contributed by atoms with Gasteiger partial charge in [-0.1, -0.05) is 55.4 Å². The quantitative estimate of drug-likeness (QED) is 0.331. The van der Waals surface area contributed by atoms with Gasteiger partial charge < -0.3 is 29.5 Å². The number of aliphatic hydroxyl groups is 1. The van der Waals surface area contributed by atoms with E-state index in [9.17, 15) is 14.7 Å². The molecule has 0 unspecified atom stereocenters. The van der Waals surface area contributed by atoms with Crippen LogP contribution in [0.3, 0.4) is 0 Å². The summed E-state index contributed by atoms with van der Waals surface area (Å²) in [5, 5.41) is 15.8. The average Bonchev–Trinajstić information content (AvgIpc) is 3.62. The normalized spacial score (nSPS) is 48.8. The molecule has 5 aliphatic carbocycles. The van der Waals surface area contributed by atoms with E-state index in [1.807, 2.05) is 0 Å². The fourth-order valence-electron chi connectivity index (χ4n) is 14.3. The number of carbonyl (C=O) groups is 2. The van der Waals surface area contributed by atoms with E-state index in [0.717, 1.165) is 77.7 Å². The molecule has 9 heteroatoms. The van der Waals surface area contributed by atoms with Crippen molar-refractivity contribution in [2.24, 2.45) is 56.7 Å². The van der Waals surface area contributed by atoms with Crippen molar-refractivity contribution in [3.05, 3.63) is 0 Å². The van der Waals surface area contributed by atoms with Gasteiger partial charge in [0.1, 0.15) is 12.2 Å². The number of nitrogens with one attached hydrogen (secondary N) is 1. The predicted molar refractivity (Wildman–Crippen MR) is 187 cm³/mol. The Morgan fingerprint density at radius 2 is 1.69 bits per heavy atom. The minimum Gasteiger partial charge on any atom is -0.446 e. The smallest absolute Gasteiger partial charge is 0.410 e. The van der Waals surface area contributed by atoms with Gasteiger partial charge >= 0.3 is 12.2 Å². The van der Waals surface area contributed by atoms with Gasteiger partial charge in [-0.05, 0) is 110 Å². The van der Waals surface area contributed by atoms with Gasteiger partial charge in [0.2, 0.25) is 0 Å². The highest BCUT2D eigenvalue weighted by atomic mass is 16.6. The molecular formula is C40H65N3O6. The predicted octanol–water partition coefficient (Wildman–Crippen LogP) is 6.47. The SMILES string of the molecule is CCN1CC(NC(=O)O[C@H]2CC[C@]34C[C@]35CC[C@]3(C)[C@@H]6[C@H](O[C@@H]([C@H](OC(=O)N7CCC7)C(C)C)C[C@H]6C)[C@H](O)[C@@]3(C)[C@@H]5CC[C@H]4C2(C)C)C1. The molecule has 9 nitrogen and oxygen atoms in total. The molecule has 2 N–H and O–H groups in total. The molecule has 3 aliphatic heterocycles. The van der Waals surface area contributed by atoms with E-state index in [1.54, 1.807) is 4.90 Å². The second kappa shape index (κ2) is 11.5. The zero-order valence-corrected chi connectivity index (χ0v) is 31.6. The standard InChI is InChI=1S/C40H65N3O6/c1-9-42-20-25(21-42)41-34(45)48-29-13-14-39-22-40(39)16-15-37(7)30-24(4)19-26(31(23(2)3)49-35(46)43-17-10-18-43)47-32(30)33(44)38(37,8)28(40)12-11-27(39)36(29,5)6/h23-33,44H,9-22H2,1-8H3,(H,41,45)/t24-,26-,27+,28+,29+,30+,31-,32+,33+,37-,38-,39-,40+/m1/s1. The number of carbonyl (C=O) groups excluding carboxylic acids is 2. The van der Waals surface area contributed by atoms with E-state index in [1.165, 1.54) is 12.8 Å². The van der Waals surface area contributed by atoms with Crippen molar-refractivity contribution in [2.75, 3.05) is 32.7 Å². The Bertz CT molecular complexity index is 1330. The number of nitrogens with zero attached hydrogens (tertiary/aromatic N) is 2. The van der Waals surface area contributed by atoms with Crippen LogP contribution in [0.4, 0.5) is 9.59 Å². The molecule has 5 saturated carbocycles. The first-order valence-electron chi connectivity index (χ1n) is 20.1. The highest BCUT2D eigenvalue weighted by Crippen LogP contribution is 2.89. The molecule has 2 spiro atoms. The zero-order valence-electron chi connectivity index (χ0n) is 31.6. The molecule has 3 heterocycles. The number of aliphatic hydroxyl groups excluding tert-OH is 1. The molecule has 3 saturated heterocycles. The monoisotopic (exact) mass is 683 g/mol. The fourth-order valence-corrected chi connectivity index (χ4v) is 14.3. The Morgan fingerprint density at radius 3 is 2.35 bits per heavy atom. The lowest BCUT2D eigenvalue weighted by Gasteiger charge is -2.63. The summed E-state index contributed by atoms with van der Waals surface area (Å²) in [5.74, 6) is 1.76. The van der Waals surface area contributed by atoms with Crippen molar-refractivity contribution < 1.29 is 28.9 Å². The van der Waals surface area contributed by atoms with Crippen LogP contribution in [-0.4, -0.2) is 96.4 Å². The van der Waals surface area contributed by atoms with Gasteiger partial charge in [-0.25, -0.2) is 9.59 Å². The Balaban J connectivity index is 1.00. The first-order valence-corrected chi connectivity index (χ1v) is 20.1. The van der Waals surface area contributed by atoms with Crippen LogP contribution in [0.2, 0.25) is 0 Å². The Hall–Kier alpha value is -1.58. The molecule has 49 heavy (non-hydrogen) atoms. The Labute approximate surface area is 294 Å². The molecule has 13 atom stereocenters. The summed E-state index contributed by atoms with van der Waals surface area (Å²) in [6.45, 7) is 22.8. The molecule has 0 bridgehead atoms. The molecule has 0 radical (unpaired) electrons. The Kier molecular flexibility index (Phi) is 8.07. The van der Waals surface area contributed by atoms with Gasteiger partial charge in [0.05, 0.1) is 24.4 Å². The van der Waals surface area contributed by atoms with E-state index < -0.39 is 6.10 Å². The largest absolute Gasteiger partial charge is 0.446 e. The van der Waals surface area contributed by atoms with Crippen LogP contribution in [0, 0.1) is 56.7 Å². The molecular weight excluding hydrogens is 618 g/mol. The van der Waals surface area contributed by atoms with Crippen molar-refractivity contribution in [2.45, 2.75) is 150 Å². The van der Waals surface area contributed by atoms with Gasteiger partial charge in [-0.15, -0.1) is 0 Å². The first-order chi connectivity index (χ1) is 23.1. The number of hydrogen-bond donors (Lipinski definition) is 2. The number of likely N-dealkylation sites (tertiary alicyclic amines) is 2. The number of likely N-dealkylation sites (N-methyl/N-ethyl adjacent to an activating group) is 1. The van der Waals surface area contributed by atoms with Crippen LogP contribution in [0.15, 0.2) is 0 Å². The summed E-state index contributed by atoms with van der Waals surface area (Å²) in [5.41, 5.74) is 0.165. The van der Waals surface area contributed by atoms with E-state index in [4.69, 9.17) is 14.2 Å². The van der Waals surface area contributed by atoms with Gasteiger partial charge in [0.15, 0.2) is 0 Å². The molecule has 2 amide bonds. The van der Waals surface area contributed by atoms with Crippen molar-refractivity contribution >= 4 is 12.2 Å². The number of rotatable bonds is 6. The van der Waals surface area contributed by atoms with Crippen molar-refractivity contribution in [1.29, 1.82) is 0 Å². The summed E-state index contributed by atoms with van der Waals surface area (Å²) in [6.07, 6.45) is 7.95. The average molecular weight is 684 g/mol. The third kappa shape index (κ3) is 4.65. The number of alkyl carbamates (subject to hydrolysis) is 1. The number of hydrogen-bond acceptors (Lipinski definition) is 7. The molecule has 8 fully saturated rings.